The van der Waals surface area contributed by atoms with Crippen molar-refractivity contribution in [3.8, 4) is 0 Å². The van der Waals surface area contributed by atoms with Crippen LogP contribution in [0.15, 0.2) is 36.5 Å². The van der Waals surface area contributed by atoms with Crippen LogP contribution in [0.5, 0.6) is 0 Å². The average molecular weight is 383 g/mol. The number of carbonyl (C=O) groups is 2. The first-order valence-corrected chi connectivity index (χ1v) is 9.38. The van der Waals surface area contributed by atoms with Crippen LogP contribution < -0.4 is 16.4 Å². The number of carbonyl (C=O) groups excluding carboxylic acids is 2. The Morgan fingerprint density at radius 2 is 1.82 bits per heavy atom. The topological polar surface area (TPSA) is 119 Å². The summed E-state index contributed by atoms with van der Waals surface area (Å²) < 4.78 is 5.27. The standard InChI is InChI=1S/C20H25N5O3/c1-13-22-11-17(18(21)26)19(23-13)24-15-7-9-16(10-8-15)25-20(27)28-12-14-5-3-2-4-6-14/h2-6,11,15-16H,7-10,12H2,1H3,(H2,21,26)(H,25,27)(H,22,23,24)/t15-,16+. The third-order valence-electron chi connectivity index (χ3n) is 4.78. The minimum Gasteiger partial charge on any atom is -0.445 e. The molecule has 2 aromatic rings. The molecule has 1 aliphatic rings. The molecule has 0 saturated heterocycles. The van der Waals surface area contributed by atoms with Crippen molar-refractivity contribution in [3.63, 3.8) is 0 Å². The number of nitrogens with one attached hydrogen (secondary N) is 2. The molecule has 3 rings (SSSR count). The molecule has 8 heteroatoms. The normalized spacial score (nSPS) is 18.9. The molecule has 1 aromatic carbocycles. The zero-order valence-corrected chi connectivity index (χ0v) is 15.9. The summed E-state index contributed by atoms with van der Waals surface area (Å²) in [6, 6.07) is 9.81. The van der Waals surface area contributed by atoms with E-state index in [0.717, 1.165) is 31.2 Å². The fourth-order valence-corrected chi connectivity index (χ4v) is 3.27. The molecule has 0 atom stereocenters. The quantitative estimate of drug-likeness (QED) is 0.705. The minimum atomic E-state index is -0.556. The second-order valence-corrected chi connectivity index (χ2v) is 6.94. The number of ether oxygens (including phenoxy) is 1. The summed E-state index contributed by atoms with van der Waals surface area (Å²) in [4.78, 5) is 31.9. The number of aromatic nitrogens is 2. The molecule has 1 aromatic heterocycles. The van der Waals surface area contributed by atoms with Gasteiger partial charge in [-0.15, -0.1) is 0 Å². The van der Waals surface area contributed by atoms with Crippen LogP contribution in [0, 0.1) is 6.92 Å². The summed E-state index contributed by atoms with van der Waals surface area (Å²) in [6.07, 6.45) is 4.35. The van der Waals surface area contributed by atoms with Gasteiger partial charge in [0, 0.05) is 18.3 Å². The van der Waals surface area contributed by atoms with Gasteiger partial charge in [0.15, 0.2) is 0 Å². The van der Waals surface area contributed by atoms with Crippen molar-refractivity contribution in [3.05, 3.63) is 53.5 Å². The highest BCUT2D eigenvalue weighted by Gasteiger charge is 2.24. The third-order valence-corrected chi connectivity index (χ3v) is 4.78. The molecule has 0 spiro atoms. The highest BCUT2D eigenvalue weighted by Crippen LogP contribution is 2.23. The Hall–Kier alpha value is -3.16. The number of aryl methyl sites for hydroxylation is 1. The van der Waals surface area contributed by atoms with E-state index in [-0.39, 0.29) is 24.3 Å². The zero-order valence-electron chi connectivity index (χ0n) is 15.9. The van der Waals surface area contributed by atoms with E-state index in [0.29, 0.717) is 11.6 Å². The zero-order chi connectivity index (χ0) is 19.9. The van der Waals surface area contributed by atoms with E-state index in [1.165, 1.54) is 6.20 Å². The van der Waals surface area contributed by atoms with Gasteiger partial charge in [-0.2, -0.15) is 0 Å². The summed E-state index contributed by atoms with van der Waals surface area (Å²) in [5.41, 5.74) is 6.64. The van der Waals surface area contributed by atoms with E-state index in [4.69, 9.17) is 10.5 Å². The van der Waals surface area contributed by atoms with Gasteiger partial charge in [-0.25, -0.2) is 14.8 Å². The van der Waals surface area contributed by atoms with Gasteiger partial charge in [0.25, 0.3) is 5.91 Å². The molecule has 0 bridgehead atoms. The summed E-state index contributed by atoms with van der Waals surface area (Å²) in [5, 5.41) is 6.22. The molecule has 148 valence electrons. The second kappa shape index (κ2) is 9.16. The first kappa shape index (κ1) is 19.6. The van der Waals surface area contributed by atoms with Crippen LogP contribution in [-0.2, 0) is 11.3 Å². The van der Waals surface area contributed by atoms with Gasteiger partial charge < -0.3 is 21.1 Å². The number of rotatable bonds is 6. The summed E-state index contributed by atoms with van der Waals surface area (Å²) >= 11 is 0. The smallest absolute Gasteiger partial charge is 0.407 e. The first-order chi connectivity index (χ1) is 13.5. The van der Waals surface area contributed by atoms with E-state index in [1.807, 2.05) is 30.3 Å². The van der Waals surface area contributed by atoms with Crippen LogP contribution in [0.25, 0.3) is 0 Å². The Labute approximate surface area is 163 Å². The van der Waals surface area contributed by atoms with Crippen LogP contribution in [0.4, 0.5) is 10.6 Å². The van der Waals surface area contributed by atoms with Gasteiger partial charge >= 0.3 is 6.09 Å². The van der Waals surface area contributed by atoms with Gasteiger partial charge in [0.2, 0.25) is 0 Å². The lowest BCUT2D eigenvalue weighted by molar-refractivity contribution is 0.1000. The Morgan fingerprint density at radius 1 is 1.14 bits per heavy atom. The summed E-state index contributed by atoms with van der Waals surface area (Å²) in [6.45, 7) is 2.02. The molecule has 1 aliphatic carbocycles. The molecule has 1 fully saturated rings. The van der Waals surface area contributed by atoms with E-state index >= 15 is 0 Å². The molecule has 28 heavy (non-hydrogen) atoms. The van der Waals surface area contributed by atoms with Gasteiger partial charge in [-0.3, -0.25) is 4.79 Å². The molecular formula is C20H25N5O3. The van der Waals surface area contributed by atoms with E-state index < -0.39 is 12.0 Å². The lowest BCUT2D eigenvalue weighted by Crippen LogP contribution is -2.40. The first-order valence-electron chi connectivity index (χ1n) is 9.38. The fourth-order valence-electron chi connectivity index (χ4n) is 3.27. The number of benzene rings is 1. The Bertz CT molecular complexity index is 820. The molecule has 0 radical (unpaired) electrons. The Kier molecular flexibility index (Phi) is 6.41. The number of anilines is 1. The predicted octanol–water partition coefficient (Wildman–Crippen LogP) is 2.53. The number of amides is 2. The van der Waals surface area contributed by atoms with Crippen molar-refractivity contribution >= 4 is 17.8 Å². The maximum atomic E-state index is 12.0. The third kappa shape index (κ3) is 5.42. The molecular weight excluding hydrogens is 358 g/mol. The predicted molar refractivity (Wildman–Crippen MR) is 105 cm³/mol. The molecule has 1 heterocycles. The highest BCUT2D eigenvalue weighted by atomic mass is 16.5. The van der Waals surface area contributed by atoms with Gasteiger partial charge in [-0.1, -0.05) is 30.3 Å². The van der Waals surface area contributed by atoms with E-state index in [1.54, 1.807) is 6.92 Å². The summed E-state index contributed by atoms with van der Waals surface area (Å²) in [5.74, 6) is 0.488. The van der Waals surface area contributed by atoms with Gasteiger partial charge in [0.05, 0.1) is 5.56 Å². The van der Waals surface area contributed by atoms with Crippen molar-refractivity contribution < 1.29 is 14.3 Å². The average Bonchev–Trinajstić information content (AvgIpc) is 2.68. The molecule has 8 nitrogen and oxygen atoms in total. The van der Waals surface area contributed by atoms with Crippen molar-refractivity contribution in [1.82, 2.24) is 15.3 Å². The number of hydrogen-bond acceptors (Lipinski definition) is 6. The molecule has 0 unspecified atom stereocenters. The maximum Gasteiger partial charge on any atom is 0.407 e. The number of alkyl carbamates (subject to hydrolysis) is 1. The molecule has 1 saturated carbocycles. The van der Waals surface area contributed by atoms with Crippen molar-refractivity contribution in [2.45, 2.75) is 51.3 Å². The highest BCUT2D eigenvalue weighted by molar-refractivity contribution is 5.97. The maximum absolute atomic E-state index is 12.0. The molecule has 2 amide bonds. The van der Waals surface area contributed by atoms with Gasteiger partial charge in [-0.05, 0) is 38.2 Å². The number of nitrogens with two attached hydrogens (primary N) is 1. The number of hydrogen-bond donors (Lipinski definition) is 3. The lowest BCUT2D eigenvalue weighted by Gasteiger charge is -2.30. The van der Waals surface area contributed by atoms with Crippen molar-refractivity contribution in [2.75, 3.05) is 5.32 Å². The minimum absolute atomic E-state index is 0.0732. The largest absolute Gasteiger partial charge is 0.445 e. The fraction of sp³-hybridized carbons (Fsp3) is 0.400. The van der Waals surface area contributed by atoms with Gasteiger partial charge in [0.1, 0.15) is 18.2 Å². The Morgan fingerprint density at radius 3 is 2.50 bits per heavy atom. The number of nitrogens with zero attached hydrogens (tertiary/aromatic N) is 2. The Balaban J connectivity index is 1.45. The lowest BCUT2D eigenvalue weighted by atomic mass is 9.91. The molecule has 4 N–H and O–H groups in total. The monoisotopic (exact) mass is 383 g/mol. The van der Waals surface area contributed by atoms with Crippen molar-refractivity contribution in [1.29, 1.82) is 0 Å². The SMILES string of the molecule is Cc1ncc(C(N)=O)c(N[C@H]2CC[C@@H](NC(=O)OCc3ccccc3)CC2)n1. The summed E-state index contributed by atoms with van der Waals surface area (Å²) in [7, 11) is 0. The van der Waals surface area contributed by atoms with Crippen molar-refractivity contribution in [2.24, 2.45) is 5.73 Å². The van der Waals surface area contributed by atoms with Crippen LogP contribution in [0.3, 0.4) is 0 Å². The van der Waals surface area contributed by atoms with Crippen LogP contribution >= 0.6 is 0 Å². The van der Waals surface area contributed by atoms with Crippen LogP contribution in [0.2, 0.25) is 0 Å². The van der Waals surface area contributed by atoms with Crippen LogP contribution in [-0.4, -0.2) is 34.1 Å². The second-order valence-electron chi connectivity index (χ2n) is 6.94. The van der Waals surface area contributed by atoms with E-state index in [2.05, 4.69) is 20.6 Å². The van der Waals surface area contributed by atoms with Crippen LogP contribution in [0.1, 0.15) is 47.4 Å². The van der Waals surface area contributed by atoms with E-state index in [9.17, 15) is 9.59 Å². The molecule has 0 aliphatic heterocycles. The number of primary amides is 1.